The van der Waals surface area contributed by atoms with Crippen LogP contribution in [-0.2, 0) is 22.4 Å². The predicted molar refractivity (Wildman–Crippen MR) is 201 cm³/mol. The summed E-state index contributed by atoms with van der Waals surface area (Å²) in [5.41, 5.74) is 2.58. The predicted octanol–water partition coefficient (Wildman–Crippen LogP) is 8.69. The average molecular weight is 673 g/mol. The van der Waals surface area contributed by atoms with Gasteiger partial charge in [0.15, 0.2) is 0 Å². The smallest absolute Gasteiger partial charge is 0.316 e. The molecule has 4 rings (SSSR count). The van der Waals surface area contributed by atoms with Crippen molar-refractivity contribution in [3.05, 3.63) is 59.9 Å². The molecule has 2 aromatic heterocycles. The number of likely N-dealkylation sites (N-methyl/N-ethyl adjacent to an activating group) is 2. The van der Waals surface area contributed by atoms with Gasteiger partial charge < -0.3 is 29.7 Å². The van der Waals surface area contributed by atoms with Crippen LogP contribution in [0.5, 0.6) is 11.5 Å². The molecule has 3 N–H and O–H groups in total. The zero-order valence-electron chi connectivity index (χ0n) is 31.9. The number of ether oxygens (including phenoxy) is 2. The summed E-state index contributed by atoms with van der Waals surface area (Å²) >= 11 is 0. The molecule has 0 spiro atoms. The molecule has 2 aromatic carbocycles. The van der Waals surface area contributed by atoms with Gasteiger partial charge in [0.1, 0.15) is 11.5 Å². The Morgan fingerprint density at radius 1 is 0.694 bits per heavy atom. The van der Waals surface area contributed by atoms with Gasteiger partial charge in [-0.05, 0) is 140 Å². The molecule has 8 heteroatoms. The van der Waals surface area contributed by atoms with E-state index in [-0.39, 0.29) is 22.8 Å². The van der Waals surface area contributed by atoms with Crippen molar-refractivity contribution in [3.8, 4) is 11.5 Å². The van der Waals surface area contributed by atoms with Gasteiger partial charge in [0.25, 0.3) is 0 Å². The lowest BCUT2D eigenvalue weighted by atomic mass is 9.67. The fourth-order valence-electron chi connectivity index (χ4n) is 7.47. The molecule has 2 heterocycles. The zero-order valence-corrected chi connectivity index (χ0v) is 31.9. The SMILES string of the molecule is CNCCc1c[nH]c2cccc(OC(=O)C(C)(C)CC(C)(C)CCC(C)(C)CC(C)(C)C(=O)Oc3cccc4[nH]cc(CCN(C)C)c34)c12. The van der Waals surface area contributed by atoms with E-state index in [0.29, 0.717) is 24.3 Å². The maximum atomic E-state index is 13.7. The minimum absolute atomic E-state index is 0.130. The van der Waals surface area contributed by atoms with E-state index in [1.807, 2.05) is 83.5 Å². The number of aromatic amines is 2. The molecule has 0 radical (unpaired) electrons. The molecule has 0 saturated carbocycles. The number of carbonyl (C=O) groups excluding carboxylic acids is 2. The third-order valence-corrected chi connectivity index (χ3v) is 9.80. The number of fused-ring (bicyclic) bond motifs is 2. The maximum Gasteiger partial charge on any atom is 0.316 e. The lowest BCUT2D eigenvalue weighted by molar-refractivity contribution is -0.147. The van der Waals surface area contributed by atoms with E-state index in [0.717, 1.165) is 71.7 Å². The second kappa shape index (κ2) is 15.1. The number of benzene rings is 2. The number of H-pyrrole nitrogens is 2. The summed E-state index contributed by atoms with van der Waals surface area (Å²) in [6.07, 6.45) is 8.88. The summed E-state index contributed by atoms with van der Waals surface area (Å²) in [6, 6.07) is 11.7. The van der Waals surface area contributed by atoms with Crippen LogP contribution < -0.4 is 14.8 Å². The molecule has 4 aromatic rings. The third-order valence-electron chi connectivity index (χ3n) is 9.80. The first-order chi connectivity index (χ1) is 22.8. The van der Waals surface area contributed by atoms with Gasteiger partial charge in [-0.25, -0.2) is 0 Å². The number of hydrogen-bond acceptors (Lipinski definition) is 6. The quantitative estimate of drug-likeness (QED) is 0.0767. The molecule has 0 aliphatic heterocycles. The van der Waals surface area contributed by atoms with Crippen LogP contribution in [0.2, 0.25) is 0 Å². The van der Waals surface area contributed by atoms with Crippen LogP contribution >= 0.6 is 0 Å². The van der Waals surface area contributed by atoms with Gasteiger partial charge in [0, 0.05) is 40.7 Å². The van der Waals surface area contributed by atoms with Crippen LogP contribution in [0.4, 0.5) is 0 Å². The van der Waals surface area contributed by atoms with E-state index in [2.05, 4.69) is 62.0 Å². The summed E-state index contributed by atoms with van der Waals surface area (Å²) in [5, 5.41) is 5.15. The van der Waals surface area contributed by atoms with E-state index in [1.165, 1.54) is 0 Å². The molecule has 8 nitrogen and oxygen atoms in total. The van der Waals surface area contributed by atoms with Gasteiger partial charge in [0.05, 0.1) is 10.8 Å². The summed E-state index contributed by atoms with van der Waals surface area (Å²) in [5.74, 6) is 0.774. The van der Waals surface area contributed by atoms with Crippen molar-refractivity contribution in [1.29, 1.82) is 0 Å². The molecule has 0 fully saturated rings. The monoisotopic (exact) mass is 672 g/mol. The Balaban J connectivity index is 1.38. The maximum absolute atomic E-state index is 13.7. The van der Waals surface area contributed by atoms with E-state index in [1.54, 1.807) is 0 Å². The molecule has 0 amide bonds. The Morgan fingerprint density at radius 3 is 1.53 bits per heavy atom. The topological polar surface area (TPSA) is 99.5 Å². The molecule has 268 valence electrons. The Bertz CT molecular complexity index is 1740. The highest BCUT2D eigenvalue weighted by Crippen LogP contribution is 2.45. The average Bonchev–Trinajstić information content (AvgIpc) is 3.62. The van der Waals surface area contributed by atoms with Crippen molar-refractivity contribution >= 4 is 33.7 Å². The minimum atomic E-state index is -0.690. The van der Waals surface area contributed by atoms with Gasteiger partial charge in [-0.15, -0.1) is 0 Å². The van der Waals surface area contributed by atoms with Crippen molar-refractivity contribution in [2.45, 2.75) is 93.9 Å². The van der Waals surface area contributed by atoms with Crippen molar-refractivity contribution in [2.75, 3.05) is 34.2 Å². The summed E-state index contributed by atoms with van der Waals surface area (Å²) < 4.78 is 12.3. The number of esters is 2. The lowest BCUT2D eigenvalue weighted by Crippen LogP contribution is -2.36. The Hall–Kier alpha value is -3.62. The second-order valence-corrected chi connectivity index (χ2v) is 17.1. The highest BCUT2D eigenvalue weighted by atomic mass is 16.5. The minimum Gasteiger partial charge on any atom is -0.425 e. The number of carbonyl (C=O) groups is 2. The standard InChI is InChI=1S/C41H60N4O4/c1-38(2,26-40(5,6)36(46)48-32-16-12-14-30-34(32)28(24-43-30)18-22-42-9)20-21-39(3,4)27-41(7,8)37(47)49-33-17-13-15-31-35(33)29(25-44-31)19-23-45(10)11/h12-17,24-25,42-44H,18-23,26-27H2,1-11H3. The van der Waals surface area contributed by atoms with Crippen LogP contribution in [0.1, 0.15) is 92.2 Å². The van der Waals surface area contributed by atoms with Crippen LogP contribution in [0.3, 0.4) is 0 Å². The van der Waals surface area contributed by atoms with Crippen LogP contribution in [0.25, 0.3) is 21.8 Å². The molecule has 0 aliphatic rings. The van der Waals surface area contributed by atoms with E-state index >= 15 is 0 Å². The first-order valence-corrected chi connectivity index (χ1v) is 17.8. The Kier molecular flexibility index (Phi) is 11.8. The van der Waals surface area contributed by atoms with Gasteiger partial charge in [-0.2, -0.15) is 0 Å². The lowest BCUT2D eigenvalue weighted by Gasteiger charge is -2.38. The highest BCUT2D eigenvalue weighted by Gasteiger charge is 2.40. The molecule has 0 atom stereocenters. The summed E-state index contributed by atoms with van der Waals surface area (Å²) in [6.45, 7) is 18.6. The van der Waals surface area contributed by atoms with E-state index < -0.39 is 10.8 Å². The first kappa shape index (κ1) is 38.2. The molecular weight excluding hydrogens is 612 g/mol. The fraction of sp³-hybridized carbons (Fsp3) is 0.561. The van der Waals surface area contributed by atoms with Crippen molar-refractivity contribution in [3.63, 3.8) is 0 Å². The molecular formula is C41H60N4O4. The second-order valence-electron chi connectivity index (χ2n) is 17.1. The largest absolute Gasteiger partial charge is 0.425 e. The number of rotatable bonds is 17. The molecule has 0 saturated heterocycles. The summed E-state index contributed by atoms with van der Waals surface area (Å²) in [4.78, 5) is 36.2. The number of hydrogen-bond donors (Lipinski definition) is 3. The third kappa shape index (κ3) is 9.76. The normalized spacial score (nSPS) is 13.1. The Morgan fingerprint density at radius 2 is 1.12 bits per heavy atom. The van der Waals surface area contributed by atoms with Gasteiger partial charge in [-0.3, -0.25) is 9.59 Å². The van der Waals surface area contributed by atoms with Crippen LogP contribution in [0, 0.1) is 21.7 Å². The van der Waals surface area contributed by atoms with Gasteiger partial charge >= 0.3 is 11.9 Å². The molecule has 0 bridgehead atoms. The van der Waals surface area contributed by atoms with E-state index in [4.69, 9.17) is 9.47 Å². The fourth-order valence-corrected chi connectivity index (χ4v) is 7.47. The first-order valence-electron chi connectivity index (χ1n) is 17.8. The van der Waals surface area contributed by atoms with Crippen molar-refractivity contribution in [2.24, 2.45) is 21.7 Å². The number of nitrogens with zero attached hydrogens (tertiary/aromatic N) is 1. The van der Waals surface area contributed by atoms with Crippen molar-refractivity contribution < 1.29 is 19.1 Å². The molecule has 0 unspecified atom stereocenters. The Labute approximate surface area is 293 Å². The van der Waals surface area contributed by atoms with Crippen LogP contribution in [0.15, 0.2) is 48.8 Å². The van der Waals surface area contributed by atoms with E-state index in [9.17, 15) is 9.59 Å². The van der Waals surface area contributed by atoms with Crippen molar-refractivity contribution in [1.82, 2.24) is 20.2 Å². The number of aromatic nitrogens is 2. The highest BCUT2D eigenvalue weighted by molar-refractivity contribution is 5.93. The van der Waals surface area contributed by atoms with Crippen LogP contribution in [-0.4, -0.2) is 61.0 Å². The zero-order chi connectivity index (χ0) is 36.2. The molecule has 0 aliphatic carbocycles. The van der Waals surface area contributed by atoms with Gasteiger partial charge in [-0.1, -0.05) is 39.8 Å². The summed E-state index contributed by atoms with van der Waals surface area (Å²) in [7, 11) is 6.06. The van der Waals surface area contributed by atoms with Gasteiger partial charge in [0.2, 0.25) is 0 Å². The molecule has 49 heavy (non-hydrogen) atoms. The number of nitrogens with one attached hydrogen (secondary N) is 3.